The zero-order valence-electron chi connectivity index (χ0n) is 8.24. The van der Waals surface area contributed by atoms with Gasteiger partial charge in [-0.2, -0.15) is 0 Å². The van der Waals surface area contributed by atoms with Crippen LogP contribution in [0.5, 0.6) is 0 Å². The second-order valence-electron chi connectivity index (χ2n) is 4.17. The molecule has 0 radical (unpaired) electrons. The van der Waals surface area contributed by atoms with Gasteiger partial charge in [-0.15, -0.1) is 0 Å². The van der Waals surface area contributed by atoms with Gasteiger partial charge in [0.2, 0.25) is 5.78 Å². The molecule has 2 aromatic heterocycles. The lowest BCUT2D eigenvalue weighted by Gasteiger charge is -2.20. The number of aromatic amines is 1. The van der Waals surface area contributed by atoms with Crippen LogP contribution in [-0.2, 0) is 0 Å². The lowest BCUT2D eigenvalue weighted by Crippen LogP contribution is -2.06. The predicted molar refractivity (Wildman–Crippen MR) is 55.4 cm³/mol. The van der Waals surface area contributed by atoms with Crippen LogP contribution in [0.3, 0.4) is 0 Å². The topological polar surface area (TPSA) is 33.1 Å². The molecule has 1 fully saturated rings. The molecule has 0 saturated heterocycles. The third-order valence-corrected chi connectivity index (χ3v) is 3.28. The summed E-state index contributed by atoms with van der Waals surface area (Å²) >= 11 is 0. The van der Waals surface area contributed by atoms with E-state index in [9.17, 15) is 0 Å². The Bertz CT molecular complexity index is 420. The van der Waals surface area contributed by atoms with Crippen molar-refractivity contribution in [3.8, 4) is 0 Å². The van der Waals surface area contributed by atoms with E-state index in [2.05, 4.69) is 20.6 Å². The Hall–Kier alpha value is -1.25. The molecule has 0 bridgehead atoms. The van der Waals surface area contributed by atoms with Crippen LogP contribution in [0.4, 0.5) is 0 Å². The zero-order chi connectivity index (χ0) is 9.38. The maximum Gasteiger partial charge on any atom is 0.211 e. The monoisotopic (exact) mass is 189 g/mol. The van der Waals surface area contributed by atoms with Crippen LogP contribution in [-0.4, -0.2) is 14.4 Å². The molecule has 0 atom stereocenters. The first-order valence-corrected chi connectivity index (χ1v) is 5.45. The number of H-pyrrole nitrogens is 1. The minimum absolute atomic E-state index is 0.731. The van der Waals surface area contributed by atoms with Gasteiger partial charge in [0.1, 0.15) is 0 Å². The maximum absolute atomic E-state index is 4.36. The quantitative estimate of drug-likeness (QED) is 0.735. The molecule has 74 valence electrons. The molecule has 0 aromatic carbocycles. The average molecular weight is 189 g/mol. The number of hydrogen-bond donors (Lipinski definition) is 1. The molecular weight excluding hydrogens is 174 g/mol. The first-order valence-electron chi connectivity index (χ1n) is 5.45. The molecule has 0 amide bonds. The van der Waals surface area contributed by atoms with E-state index in [1.807, 2.05) is 12.4 Å². The average Bonchev–Trinajstić information content (AvgIpc) is 2.79. The normalized spacial score (nSPS) is 19.1. The summed E-state index contributed by atoms with van der Waals surface area (Å²) < 4.78 is 2.19. The van der Waals surface area contributed by atoms with E-state index in [1.54, 1.807) is 0 Å². The Kier molecular flexibility index (Phi) is 1.82. The van der Waals surface area contributed by atoms with E-state index in [0.29, 0.717) is 0 Å². The van der Waals surface area contributed by atoms with Gasteiger partial charge in [-0.3, -0.25) is 4.40 Å². The maximum atomic E-state index is 4.36. The molecule has 0 aliphatic heterocycles. The largest absolute Gasteiger partial charge is 0.330 e. The van der Waals surface area contributed by atoms with Crippen LogP contribution in [0.25, 0.3) is 5.78 Å². The molecule has 3 nitrogen and oxygen atoms in total. The van der Waals surface area contributed by atoms with Crippen LogP contribution in [0.2, 0.25) is 0 Å². The van der Waals surface area contributed by atoms with E-state index in [1.165, 1.54) is 37.8 Å². The second-order valence-corrected chi connectivity index (χ2v) is 4.17. The van der Waals surface area contributed by atoms with E-state index in [0.717, 1.165) is 11.7 Å². The van der Waals surface area contributed by atoms with Crippen molar-refractivity contribution in [1.82, 2.24) is 14.4 Å². The van der Waals surface area contributed by atoms with Crippen LogP contribution in [0.1, 0.15) is 43.7 Å². The highest BCUT2D eigenvalue weighted by molar-refractivity contribution is 5.32. The van der Waals surface area contributed by atoms with Gasteiger partial charge in [-0.05, 0) is 12.8 Å². The molecule has 3 rings (SSSR count). The second kappa shape index (κ2) is 3.15. The first kappa shape index (κ1) is 8.09. The lowest BCUT2D eigenvalue weighted by atomic mass is 9.87. The predicted octanol–water partition coefficient (Wildman–Crippen LogP) is 2.71. The van der Waals surface area contributed by atoms with E-state index < -0.39 is 0 Å². The fraction of sp³-hybridized carbons (Fsp3) is 0.545. The molecule has 1 aliphatic rings. The van der Waals surface area contributed by atoms with Crippen molar-refractivity contribution in [3.63, 3.8) is 0 Å². The van der Waals surface area contributed by atoms with Gasteiger partial charge in [0.15, 0.2) is 0 Å². The summed E-state index contributed by atoms with van der Waals surface area (Å²) in [5.74, 6) is 1.71. The highest BCUT2D eigenvalue weighted by Gasteiger charge is 2.18. The minimum Gasteiger partial charge on any atom is -0.330 e. The van der Waals surface area contributed by atoms with E-state index >= 15 is 0 Å². The van der Waals surface area contributed by atoms with Crippen LogP contribution < -0.4 is 0 Å². The number of aromatic nitrogens is 3. The van der Waals surface area contributed by atoms with Gasteiger partial charge < -0.3 is 4.98 Å². The summed E-state index contributed by atoms with van der Waals surface area (Å²) in [5.41, 5.74) is 1.39. The zero-order valence-corrected chi connectivity index (χ0v) is 8.24. The number of imidazole rings is 2. The van der Waals surface area contributed by atoms with Gasteiger partial charge in [-0.1, -0.05) is 19.3 Å². The smallest absolute Gasteiger partial charge is 0.211 e. The Morgan fingerprint density at radius 3 is 3.00 bits per heavy atom. The van der Waals surface area contributed by atoms with Crippen molar-refractivity contribution in [2.75, 3.05) is 0 Å². The van der Waals surface area contributed by atoms with Crippen molar-refractivity contribution < 1.29 is 0 Å². The summed E-state index contributed by atoms with van der Waals surface area (Å²) in [4.78, 5) is 7.49. The van der Waals surface area contributed by atoms with Crippen molar-refractivity contribution >= 4 is 5.78 Å². The molecular formula is C11H15N3. The Balaban J connectivity index is 1.99. The Morgan fingerprint density at radius 1 is 1.29 bits per heavy atom. The third-order valence-electron chi connectivity index (χ3n) is 3.28. The molecule has 0 spiro atoms. The van der Waals surface area contributed by atoms with Gasteiger partial charge in [-0.25, -0.2) is 4.98 Å². The third kappa shape index (κ3) is 1.15. The summed E-state index contributed by atoms with van der Waals surface area (Å²) in [6.45, 7) is 0. The van der Waals surface area contributed by atoms with Crippen LogP contribution in [0, 0.1) is 0 Å². The molecule has 14 heavy (non-hydrogen) atoms. The van der Waals surface area contributed by atoms with Gasteiger partial charge >= 0.3 is 0 Å². The Morgan fingerprint density at radius 2 is 2.14 bits per heavy atom. The SMILES string of the molecule is c1cn2c(C3CCCCC3)cnc2[nH]1. The van der Waals surface area contributed by atoms with Gasteiger partial charge in [0.05, 0.1) is 6.20 Å². The molecule has 1 aliphatic carbocycles. The van der Waals surface area contributed by atoms with E-state index in [-0.39, 0.29) is 0 Å². The number of fused-ring (bicyclic) bond motifs is 1. The fourth-order valence-corrected chi connectivity index (χ4v) is 2.52. The highest BCUT2D eigenvalue weighted by atomic mass is 15.1. The number of nitrogens with one attached hydrogen (secondary N) is 1. The molecule has 1 saturated carbocycles. The lowest BCUT2D eigenvalue weighted by molar-refractivity contribution is 0.435. The van der Waals surface area contributed by atoms with Crippen molar-refractivity contribution in [2.45, 2.75) is 38.0 Å². The van der Waals surface area contributed by atoms with Crippen molar-refractivity contribution in [3.05, 3.63) is 24.3 Å². The number of hydrogen-bond acceptors (Lipinski definition) is 1. The van der Waals surface area contributed by atoms with Crippen molar-refractivity contribution in [2.24, 2.45) is 0 Å². The molecule has 2 heterocycles. The molecule has 3 heteroatoms. The molecule has 0 unspecified atom stereocenters. The van der Waals surface area contributed by atoms with Gasteiger partial charge in [0.25, 0.3) is 0 Å². The summed E-state index contributed by atoms with van der Waals surface area (Å²) in [7, 11) is 0. The van der Waals surface area contributed by atoms with Crippen LogP contribution in [0.15, 0.2) is 18.6 Å². The van der Waals surface area contributed by atoms with Crippen LogP contribution >= 0.6 is 0 Å². The molecule has 2 aromatic rings. The minimum atomic E-state index is 0.731. The van der Waals surface area contributed by atoms with E-state index in [4.69, 9.17) is 0 Å². The standard InChI is InChI=1S/C11H15N3/c1-2-4-9(5-3-1)10-8-13-11-12-6-7-14(10)11/h6-9H,1-5H2,(H,12,13). The van der Waals surface area contributed by atoms with Crippen molar-refractivity contribution in [1.29, 1.82) is 0 Å². The summed E-state index contributed by atoms with van der Waals surface area (Å²) in [6.07, 6.45) is 12.9. The van der Waals surface area contributed by atoms with Gasteiger partial charge in [0, 0.05) is 24.0 Å². The molecule has 1 N–H and O–H groups in total. The Labute approximate surface area is 83.2 Å². The summed E-state index contributed by atoms with van der Waals surface area (Å²) in [5, 5.41) is 0. The number of nitrogens with zero attached hydrogens (tertiary/aromatic N) is 2. The fourth-order valence-electron chi connectivity index (χ4n) is 2.52. The number of rotatable bonds is 1. The first-order chi connectivity index (χ1) is 6.95. The highest BCUT2D eigenvalue weighted by Crippen LogP contribution is 2.32. The summed E-state index contributed by atoms with van der Waals surface area (Å²) in [6, 6.07) is 0.